The molecule has 106 valence electrons. The zero-order valence-electron chi connectivity index (χ0n) is 11.3. The first-order valence-electron chi connectivity index (χ1n) is 6.39. The average molecular weight is 301 g/mol. The van der Waals surface area contributed by atoms with Crippen LogP contribution in [-0.2, 0) is 0 Å². The maximum Gasteiger partial charge on any atom is 0.257 e. The lowest BCUT2D eigenvalue weighted by molar-refractivity contribution is 0.102. The number of amides is 1. The first-order chi connectivity index (χ1) is 10.2. The molecule has 0 saturated heterocycles. The van der Waals surface area contributed by atoms with Gasteiger partial charge in [0.25, 0.3) is 5.91 Å². The van der Waals surface area contributed by atoms with Gasteiger partial charge in [0.05, 0.1) is 12.7 Å². The topological polar surface area (TPSA) is 54.1 Å². The van der Waals surface area contributed by atoms with Crippen LogP contribution in [0.4, 0.5) is 5.69 Å². The van der Waals surface area contributed by atoms with E-state index in [1.54, 1.807) is 49.7 Å². The minimum atomic E-state index is -0.186. The first kappa shape index (κ1) is 13.5. The van der Waals surface area contributed by atoms with Gasteiger partial charge in [-0.05, 0) is 42.5 Å². The molecule has 1 heterocycles. The van der Waals surface area contributed by atoms with Gasteiger partial charge in [0.15, 0.2) is 0 Å². The van der Waals surface area contributed by atoms with Crippen LogP contribution in [0.1, 0.15) is 10.4 Å². The minimum Gasteiger partial charge on any atom is -0.497 e. The van der Waals surface area contributed by atoms with Crippen molar-refractivity contribution in [2.75, 3.05) is 12.4 Å². The van der Waals surface area contributed by atoms with Crippen LogP contribution in [0.25, 0.3) is 10.9 Å². The molecule has 4 nitrogen and oxygen atoms in total. The van der Waals surface area contributed by atoms with E-state index in [0.717, 1.165) is 16.7 Å². The maximum absolute atomic E-state index is 12.3. The molecular formula is C16H13ClN2O2. The summed E-state index contributed by atoms with van der Waals surface area (Å²) in [6.45, 7) is 0. The first-order valence-corrected chi connectivity index (χ1v) is 6.77. The maximum atomic E-state index is 12.3. The summed E-state index contributed by atoms with van der Waals surface area (Å²) < 4.78 is 5.08. The lowest BCUT2D eigenvalue weighted by atomic mass is 10.1. The van der Waals surface area contributed by atoms with Crippen molar-refractivity contribution >= 4 is 34.1 Å². The second-order valence-electron chi connectivity index (χ2n) is 4.57. The molecular weight excluding hydrogens is 288 g/mol. The molecule has 2 N–H and O–H groups in total. The van der Waals surface area contributed by atoms with Gasteiger partial charge in [-0.25, -0.2) is 0 Å². The molecule has 0 aliphatic rings. The molecule has 0 unspecified atom stereocenters. The molecule has 0 spiro atoms. The Kier molecular flexibility index (Phi) is 3.54. The molecule has 1 aromatic heterocycles. The van der Waals surface area contributed by atoms with E-state index in [1.807, 2.05) is 6.07 Å². The van der Waals surface area contributed by atoms with E-state index in [1.165, 1.54) is 0 Å². The fourth-order valence-electron chi connectivity index (χ4n) is 2.15. The number of methoxy groups -OCH3 is 1. The van der Waals surface area contributed by atoms with Crippen molar-refractivity contribution in [2.45, 2.75) is 0 Å². The lowest BCUT2D eigenvalue weighted by Gasteiger charge is -2.05. The van der Waals surface area contributed by atoms with Crippen LogP contribution in [0, 0.1) is 0 Å². The summed E-state index contributed by atoms with van der Waals surface area (Å²) in [6.07, 6.45) is 1.68. The zero-order chi connectivity index (χ0) is 14.8. The molecule has 0 radical (unpaired) electrons. The van der Waals surface area contributed by atoms with Crippen LogP contribution >= 0.6 is 11.6 Å². The third-order valence-electron chi connectivity index (χ3n) is 3.24. The van der Waals surface area contributed by atoms with Crippen molar-refractivity contribution in [3.8, 4) is 5.75 Å². The van der Waals surface area contributed by atoms with Gasteiger partial charge in [-0.1, -0.05) is 11.6 Å². The molecule has 0 aliphatic heterocycles. The van der Waals surface area contributed by atoms with E-state index in [4.69, 9.17) is 16.3 Å². The summed E-state index contributed by atoms with van der Waals surface area (Å²) in [5.41, 5.74) is 2.14. The van der Waals surface area contributed by atoms with Crippen LogP contribution in [0.2, 0.25) is 5.02 Å². The number of rotatable bonds is 3. The van der Waals surface area contributed by atoms with Crippen molar-refractivity contribution in [3.63, 3.8) is 0 Å². The molecule has 0 saturated carbocycles. The summed E-state index contributed by atoms with van der Waals surface area (Å²) >= 11 is 5.99. The highest BCUT2D eigenvalue weighted by molar-refractivity contribution is 6.31. The van der Waals surface area contributed by atoms with Gasteiger partial charge >= 0.3 is 0 Å². The molecule has 0 bridgehead atoms. The summed E-state index contributed by atoms with van der Waals surface area (Å²) in [6, 6.07) is 12.6. The van der Waals surface area contributed by atoms with Gasteiger partial charge in [-0.15, -0.1) is 0 Å². The average Bonchev–Trinajstić information content (AvgIpc) is 2.91. The van der Waals surface area contributed by atoms with E-state index >= 15 is 0 Å². The third kappa shape index (κ3) is 2.71. The van der Waals surface area contributed by atoms with Gasteiger partial charge in [0.1, 0.15) is 5.75 Å². The number of aromatic amines is 1. The van der Waals surface area contributed by atoms with Crippen LogP contribution in [0.3, 0.4) is 0 Å². The number of anilines is 1. The van der Waals surface area contributed by atoms with Crippen molar-refractivity contribution in [1.82, 2.24) is 4.98 Å². The largest absolute Gasteiger partial charge is 0.497 e. The molecule has 5 heteroatoms. The Bertz CT molecular complexity index is 794. The lowest BCUT2D eigenvalue weighted by Crippen LogP contribution is -2.11. The molecule has 3 rings (SSSR count). The SMILES string of the molecule is COc1ccc(NC(=O)c2c[nH]c3ccc(Cl)cc23)cc1. The third-order valence-corrected chi connectivity index (χ3v) is 3.47. The highest BCUT2D eigenvalue weighted by Crippen LogP contribution is 2.23. The number of carbonyl (C=O) groups is 1. The Hall–Kier alpha value is -2.46. The molecule has 0 aliphatic carbocycles. The quantitative estimate of drug-likeness (QED) is 0.765. The van der Waals surface area contributed by atoms with E-state index in [-0.39, 0.29) is 5.91 Å². The summed E-state index contributed by atoms with van der Waals surface area (Å²) in [5, 5.41) is 4.25. The number of H-pyrrole nitrogens is 1. The fraction of sp³-hybridized carbons (Fsp3) is 0.0625. The Morgan fingerprint density at radius 2 is 1.95 bits per heavy atom. The highest BCUT2D eigenvalue weighted by atomic mass is 35.5. The van der Waals surface area contributed by atoms with Gasteiger partial charge in [0.2, 0.25) is 0 Å². The number of fused-ring (bicyclic) bond motifs is 1. The number of benzene rings is 2. The summed E-state index contributed by atoms with van der Waals surface area (Å²) in [4.78, 5) is 15.4. The number of hydrogen-bond donors (Lipinski definition) is 2. The second-order valence-corrected chi connectivity index (χ2v) is 5.01. The molecule has 0 atom stereocenters. The molecule has 3 aromatic rings. The van der Waals surface area contributed by atoms with E-state index in [9.17, 15) is 4.79 Å². The van der Waals surface area contributed by atoms with Gasteiger partial charge in [0, 0.05) is 27.8 Å². The smallest absolute Gasteiger partial charge is 0.257 e. The van der Waals surface area contributed by atoms with Crippen LogP contribution in [0.5, 0.6) is 5.75 Å². The van der Waals surface area contributed by atoms with Crippen LogP contribution in [0.15, 0.2) is 48.7 Å². The molecule has 0 fully saturated rings. The van der Waals surface area contributed by atoms with E-state index < -0.39 is 0 Å². The van der Waals surface area contributed by atoms with E-state index in [0.29, 0.717) is 16.3 Å². The number of halogens is 1. The number of hydrogen-bond acceptors (Lipinski definition) is 2. The van der Waals surface area contributed by atoms with Crippen molar-refractivity contribution in [3.05, 3.63) is 59.2 Å². The monoisotopic (exact) mass is 300 g/mol. The number of nitrogens with one attached hydrogen (secondary N) is 2. The van der Waals surface area contributed by atoms with Crippen molar-refractivity contribution < 1.29 is 9.53 Å². The van der Waals surface area contributed by atoms with E-state index in [2.05, 4.69) is 10.3 Å². The number of carbonyl (C=O) groups excluding carboxylic acids is 1. The minimum absolute atomic E-state index is 0.186. The predicted octanol–water partition coefficient (Wildman–Crippen LogP) is 4.08. The molecule has 2 aromatic carbocycles. The zero-order valence-corrected chi connectivity index (χ0v) is 12.1. The Labute approximate surface area is 126 Å². The molecule has 1 amide bonds. The Balaban J connectivity index is 1.87. The van der Waals surface area contributed by atoms with Gasteiger partial charge in [-0.2, -0.15) is 0 Å². The van der Waals surface area contributed by atoms with Gasteiger partial charge in [-0.3, -0.25) is 4.79 Å². The highest BCUT2D eigenvalue weighted by Gasteiger charge is 2.12. The molecule has 21 heavy (non-hydrogen) atoms. The summed E-state index contributed by atoms with van der Waals surface area (Å²) in [7, 11) is 1.60. The Morgan fingerprint density at radius 1 is 1.19 bits per heavy atom. The van der Waals surface area contributed by atoms with Gasteiger partial charge < -0.3 is 15.0 Å². The van der Waals surface area contributed by atoms with Crippen molar-refractivity contribution in [1.29, 1.82) is 0 Å². The second kappa shape index (κ2) is 5.50. The standard InChI is InChI=1S/C16H13ClN2O2/c1-21-12-5-3-11(4-6-12)19-16(20)14-9-18-15-7-2-10(17)8-13(14)15/h2-9,18H,1H3,(H,19,20). The number of aromatic nitrogens is 1. The predicted molar refractivity (Wildman–Crippen MR) is 84.3 cm³/mol. The van der Waals surface area contributed by atoms with Crippen LogP contribution in [-0.4, -0.2) is 18.0 Å². The number of ether oxygens (including phenoxy) is 1. The summed E-state index contributed by atoms with van der Waals surface area (Å²) in [5.74, 6) is 0.556. The van der Waals surface area contributed by atoms with Crippen molar-refractivity contribution in [2.24, 2.45) is 0 Å². The Morgan fingerprint density at radius 3 is 2.67 bits per heavy atom. The van der Waals surface area contributed by atoms with Crippen LogP contribution < -0.4 is 10.1 Å². The fourth-order valence-corrected chi connectivity index (χ4v) is 2.33. The normalized spacial score (nSPS) is 10.6.